The molecule has 0 spiro atoms. The van der Waals surface area contributed by atoms with Crippen molar-refractivity contribution in [1.29, 1.82) is 0 Å². The van der Waals surface area contributed by atoms with Crippen LogP contribution in [-0.4, -0.2) is 18.5 Å². The van der Waals surface area contributed by atoms with E-state index in [1.54, 1.807) is 6.92 Å². The number of esters is 1. The third kappa shape index (κ3) is 9.94. The number of hydrogen-bond donors (Lipinski definition) is 1. The summed E-state index contributed by atoms with van der Waals surface area (Å²) in [5.74, 6) is 4.63. The lowest BCUT2D eigenvalue weighted by Gasteiger charge is -2.21. The maximum absolute atomic E-state index is 13.2. The molecule has 4 nitrogen and oxygen atoms in total. The van der Waals surface area contributed by atoms with Crippen molar-refractivity contribution in [2.75, 3.05) is 6.61 Å². The highest BCUT2D eigenvalue weighted by atomic mass is 19.4. The van der Waals surface area contributed by atoms with Crippen molar-refractivity contribution in [3.05, 3.63) is 82.9 Å². The van der Waals surface area contributed by atoms with Gasteiger partial charge in [0.1, 0.15) is 0 Å². The fourth-order valence-electron chi connectivity index (χ4n) is 4.94. The number of benzene rings is 3. The number of unbranched alkanes of at least 4 members (excludes halogenated alkanes) is 8. The lowest BCUT2D eigenvalue weighted by Crippen LogP contribution is -2.36. The summed E-state index contributed by atoms with van der Waals surface area (Å²) in [4.78, 5) is 24.6. The van der Waals surface area contributed by atoms with Crippen molar-refractivity contribution < 1.29 is 27.5 Å². The molecule has 0 fully saturated rings. The minimum Gasteiger partial charge on any atom is -0.459 e. The number of carbonyl (C=O) groups is 2. The molecule has 1 N–H and O–H groups in total. The Hall–Kier alpha value is -3.79. The molecule has 0 aliphatic carbocycles. The zero-order valence-corrected chi connectivity index (χ0v) is 24.5. The fourth-order valence-corrected chi connectivity index (χ4v) is 4.94. The third-order valence-corrected chi connectivity index (χ3v) is 7.22. The Labute approximate surface area is 247 Å². The molecule has 0 saturated carbocycles. The second kappa shape index (κ2) is 16.6. The van der Waals surface area contributed by atoms with Crippen LogP contribution in [0.3, 0.4) is 0 Å². The van der Waals surface area contributed by atoms with Gasteiger partial charge in [-0.05, 0) is 59.9 Å². The topological polar surface area (TPSA) is 55.4 Å². The Kier molecular flexibility index (Phi) is 12.9. The van der Waals surface area contributed by atoms with Crippen LogP contribution < -0.4 is 5.32 Å². The summed E-state index contributed by atoms with van der Waals surface area (Å²) in [6, 6.07) is 15.5. The first-order chi connectivity index (χ1) is 20.2. The molecule has 3 aromatic rings. The smallest absolute Gasteiger partial charge is 0.416 e. The SMILES string of the molecule is CCCCCCCCCCC#Cc1ccc(CC(NC(=O)C(=O)OCC)c2ccc(C(F)(F)F)cc2)c2ccccc12. The summed E-state index contributed by atoms with van der Waals surface area (Å²) in [5.41, 5.74) is 1.42. The average Bonchev–Trinajstić information content (AvgIpc) is 2.98. The number of ether oxygens (including phenoxy) is 1. The third-order valence-electron chi connectivity index (χ3n) is 7.22. The molecule has 3 aromatic carbocycles. The van der Waals surface area contributed by atoms with Crippen molar-refractivity contribution in [2.24, 2.45) is 0 Å². The lowest BCUT2D eigenvalue weighted by molar-refractivity contribution is -0.154. The lowest BCUT2D eigenvalue weighted by atomic mass is 9.92. The van der Waals surface area contributed by atoms with Crippen LogP contribution in [0.4, 0.5) is 13.2 Å². The molecule has 0 radical (unpaired) electrons. The van der Waals surface area contributed by atoms with Crippen LogP contribution in [0.15, 0.2) is 60.7 Å². The maximum Gasteiger partial charge on any atom is 0.416 e. The Morgan fingerprint density at radius 1 is 0.833 bits per heavy atom. The quantitative estimate of drug-likeness (QED) is 0.0954. The van der Waals surface area contributed by atoms with Crippen LogP contribution in [0.5, 0.6) is 0 Å². The van der Waals surface area contributed by atoms with Crippen LogP contribution >= 0.6 is 0 Å². The van der Waals surface area contributed by atoms with Crippen LogP contribution in [0.25, 0.3) is 10.8 Å². The molecule has 0 aliphatic heterocycles. The van der Waals surface area contributed by atoms with Gasteiger partial charge in [-0.3, -0.25) is 4.79 Å². The van der Waals surface area contributed by atoms with Gasteiger partial charge in [0, 0.05) is 12.0 Å². The number of carbonyl (C=O) groups excluding carboxylic acids is 2. The molecule has 0 bridgehead atoms. The van der Waals surface area contributed by atoms with Gasteiger partial charge >= 0.3 is 18.1 Å². The zero-order valence-electron chi connectivity index (χ0n) is 24.5. The Morgan fingerprint density at radius 3 is 2.12 bits per heavy atom. The Morgan fingerprint density at radius 2 is 1.48 bits per heavy atom. The predicted octanol–water partition coefficient (Wildman–Crippen LogP) is 8.70. The average molecular weight is 580 g/mol. The molecular weight excluding hydrogens is 539 g/mol. The first-order valence-electron chi connectivity index (χ1n) is 14.9. The number of alkyl halides is 3. The summed E-state index contributed by atoms with van der Waals surface area (Å²) in [7, 11) is 0. The molecule has 1 amide bonds. The molecule has 42 heavy (non-hydrogen) atoms. The van der Waals surface area contributed by atoms with E-state index in [0.717, 1.165) is 46.9 Å². The maximum atomic E-state index is 13.2. The largest absolute Gasteiger partial charge is 0.459 e. The summed E-state index contributed by atoms with van der Waals surface area (Å²) in [6.45, 7) is 3.84. The molecule has 1 unspecified atom stereocenters. The van der Waals surface area contributed by atoms with Crippen LogP contribution in [0.1, 0.15) is 99.9 Å². The van der Waals surface area contributed by atoms with E-state index in [2.05, 4.69) is 24.1 Å². The highest BCUT2D eigenvalue weighted by molar-refractivity contribution is 6.32. The van der Waals surface area contributed by atoms with E-state index in [1.807, 2.05) is 36.4 Å². The molecule has 3 rings (SSSR count). The van der Waals surface area contributed by atoms with Gasteiger partial charge in [0.15, 0.2) is 0 Å². The first kappa shape index (κ1) is 32.7. The van der Waals surface area contributed by atoms with E-state index in [9.17, 15) is 22.8 Å². The highest BCUT2D eigenvalue weighted by Gasteiger charge is 2.30. The number of nitrogens with one attached hydrogen (secondary N) is 1. The second-order valence-corrected chi connectivity index (χ2v) is 10.4. The zero-order chi connectivity index (χ0) is 30.4. The molecule has 224 valence electrons. The standard InChI is InChI=1S/C35H40F3NO3/c1-3-5-6-7-8-9-10-11-12-13-16-26-19-20-28(31-18-15-14-17-30(26)31)25-32(39-33(40)34(41)42-4-2)27-21-23-29(24-22-27)35(36,37)38/h14-15,17-24,32H,3-12,25H2,1-2H3,(H,39,40). The number of halogens is 3. The van der Waals surface area contributed by atoms with Gasteiger partial charge in [0.2, 0.25) is 0 Å². The van der Waals surface area contributed by atoms with Gasteiger partial charge in [-0.25, -0.2) is 4.79 Å². The van der Waals surface area contributed by atoms with E-state index in [1.165, 1.54) is 57.1 Å². The number of amides is 1. The molecular formula is C35H40F3NO3. The van der Waals surface area contributed by atoms with Gasteiger partial charge in [-0.1, -0.05) is 106 Å². The van der Waals surface area contributed by atoms with E-state index in [4.69, 9.17) is 4.74 Å². The summed E-state index contributed by atoms with van der Waals surface area (Å²) in [6.07, 6.45) is 6.60. The molecule has 0 aromatic heterocycles. The predicted molar refractivity (Wildman–Crippen MR) is 161 cm³/mol. The van der Waals surface area contributed by atoms with Crippen molar-refractivity contribution in [2.45, 2.75) is 90.3 Å². The fraction of sp³-hybridized carbons (Fsp3) is 0.429. The highest BCUT2D eigenvalue weighted by Crippen LogP contribution is 2.31. The number of rotatable bonds is 13. The summed E-state index contributed by atoms with van der Waals surface area (Å²) in [5, 5.41) is 4.54. The first-order valence-corrected chi connectivity index (χ1v) is 14.9. The van der Waals surface area contributed by atoms with E-state index >= 15 is 0 Å². The summed E-state index contributed by atoms with van der Waals surface area (Å²) < 4.78 is 44.3. The van der Waals surface area contributed by atoms with Crippen LogP contribution in [0.2, 0.25) is 0 Å². The van der Waals surface area contributed by atoms with E-state index < -0.39 is 29.7 Å². The molecule has 0 saturated heterocycles. The minimum absolute atomic E-state index is 0.0311. The Balaban J connectivity index is 1.78. The molecule has 0 heterocycles. The van der Waals surface area contributed by atoms with Crippen molar-refractivity contribution >= 4 is 22.6 Å². The van der Waals surface area contributed by atoms with Gasteiger partial charge in [0.05, 0.1) is 18.2 Å². The van der Waals surface area contributed by atoms with E-state index in [0.29, 0.717) is 5.56 Å². The Bertz CT molecular complexity index is 1370. The molecule has 0 aliphatic rings. The van der Waals surface area contributed by atoms with Gasteiger partial charge in [-0.15, -0.1) is 0 Å². The van der Waals surface area contributed by atoms with Gasteiger partial charge < -0.3 is 10.1 Å². The van der Waals surface area contributed by atoms with Crippen LogP contribution in [-0.2, 0) is 26.9 Å². The molecule has 7 heteroatoms. The second-order valence-electron chi connectivity index (χ2n) is 10.4. The van der Waals surface area contributed by atoms with Crippen molar-refractivity contribution in [3.63, 3.8) is 0 Å². The van der Waals surface area contributed by atoms with Crippen molar-refractivity contribution in [1.82, 2.24) is 5.32 Å². The number of fused-ring (bicyclic) bond motifs is 1. The van der Waals surface area contributed by atoms with E-state index in [-0.39, 0.29) is 13.0 Å². The minimum atomic E-state index is -4.48. The van der Waals surface area contributed by atoms with Crippen molar-refractivity contribution in [3.8, 4) is 11.8 Å². The molecule has 1 atom stereocenters. The van der Waals surface area contributed by atoms with Gasteiger partial charge in [0.25, 0.3) is 0 Å². The van der Waals surface area contributed by atoms with Gasteiger partial charge in [-0.2, -0.15) is 13.2 Å². The number of hydrogen-bond acceptors (Lipinski definition) is 3. The van der Waals surface area contributed by atoms with Crippen LogP contribution in [0, 0.1) is 11.8 Å². The summed E-state index contributed by atoms with van der Waals surface area (Å²) >= 11 is 0. The normalized spacial score (nSPS) is 11.9. The monoisotopic (exact) mass is 579 g/mol.